The van der Waals surface area contributed by atoms with E-state index < -0.39 is 11.9 Å². The molecule has 0 fully saturated rings. The van der Waals surface area contributed by atoms with Crippen molar-refractivity contribution in [2.24, 2.45) is 0 Å². The summed E-state index contributed by atoms with van der Waals surface area (Å²) in [6.45, 7) is 10.6. The summed E-state index contributed by atoms with van der Waals surface area (Å²) in [5, 5.41) is 3.26. The van der Waals surface area contributed by atoms with Crippen LogP contribution in [0.1, 0.15) is 53.0 Å². The first-order valence-corrected chi connectivity index (χ1v) is 11.8. The molecule has 0 spiro atoms. The van der Waals surface area contributed by atoms with E-state index in [-0.39, 0.29) is 18.6 Å². The molecule has 0 saturated carbocycles. The van der Waals surface area contributed by atoms with Crippen LogP contribution in [0.2, 0.25) is 0 Å². The summed E-state index contributed by atoms with van der Waals surface area (Å²) in [7, 11) is 0. The molecule has 182 valence electrons. The molecule has 0 N–H and O–H groups in total. The van der Waals surface area contributed by atoms with Crippen LogP contribution in [-0.4, -0.2) is 38.4 Å². The Morgan fingerprint density at radius 1 is 0.706 bits per heavy atom. The number of carbonyl (C=O) groups is 2. The minimum absolute atomic E-state index is 0.192. The van der Waals surface area contributed by atoms with Crippen LogP contribution in [0.4, 0.5) is 0 Å². The molecule has 34 heavy (non-hydrogen) atoms. The van der Waals surface area contributed by atoms with Crippen molar-refractivity contribution < 1.29 is 28.5 Å². The van der Waals surface area contributed by atoms with Crippen molar-refractivity contribution in [2.75, 3.05) is 26.4 Å². The molecule has 0 heterocycles. The Bertz CT molecular complexity index is 1160. The van der Waals surface area contributed by atoms with Crippen LogP contribution in [0.25, 0.3) is 21.5 Å². The molecule has 0 aliphatic heterocycles. The van der Waals surface area contributed by atoms with Crippen LogP contribution in [0.5, 0.6) is 11.5 Å². The zero-order valence-electron chi connectivity index (χ0n) is 20.7. The summed E-state index contributed by atoms with van der Waals surface area (Å²) in [4.78, 5) is 24.4. The third kappa shape index (κ3) is 5.79. The maximum absolute atomic E-state index is 12.2. The van der Waals surface area contributed by atoms with E-state index in [1.54, 1.807) is 0 Å². The zero-order chi connectivity index (χ0) is 24.7. The quantitative estimate of drug-likeness (QED) is 0.271. The standard InChI is InChI=1S/C28H34O6/c1-6-15-31-23(29)17-33-26-19-11-8-9-12-20(19)27(34-18-24(30)32-16-7-2)25-21(26)13-10-14-22(25)28(3,4)5/h8-14H,6-7,15-18H2,1-5H3. The highest BCUT2D eigenvalue weighted by Gasteiger charge is 2.25. The van der Waals surface area contributed by atoms with Crippen molar-refractivity contribution in [1.82, 2.24) is 0 Å². The van der Waals surface area contributed by atoms with Crippen molar-refractivity contribution in [2.45, 2.75) is 52.9 Å². The van der Waals surface area contributed by atoms with Gasteiger partial charge in [0.05, 0.1) is 13.2 Å². The summed E-state index contributed by atoms with van der Waals surface area (Å²) in [6.07, 6.45) is 1.50. The normalized spacial score (nSPS) is 11.4. The fourth-order valence-electron chi connectivity index (χ4n) is 3.85. The third-order valence-corrected chi connectivity index (χ3v) is 5.36. The number of carbonyl (C=O) groups excluding carboxylic acids is 2. The van der Waals surface area contributed by atoms with E-state index in [1.165, 1.54) is 0 Å². The van der Waals surface area contributed by atoms with Gasteiger partial charge in [-0.15, -0.1) is 0 Å². The Labute approximate surface area is 201 Å². The number of ether oxygens (including phenoxy) is 4. The van der Waals surface area contributed by atoms with E-state index in [2.05, 4.69) is 26.8 Å². The van der Waals surface area contributed by atoms with E-state index >= 15 is 0 Å². The van der Waals surface area contributed by atoms with Crippen LogP contribution in [0.3, 0.4) is 0 Å². The topological polar surface area (TPSA) is 71.1 Å². The predicted molar refractivity (Wildman–Crippen MR) is 134 cm³/mol. The van der Waals surface area contributed by atoms with E-state index in [0.29, 0.717) is 24.7 Å². The monoisotopic (exact) mass is 466 g/mol. The Morgan fingerprint density at radius 2 is 1.21 bits per heavy atom. The van der Waals surface area contributed by atoms with Gasteiger partial charge in [-0.05, 0) is 23.8 Å². The van der Waals surface area contributed by atoms with Crippen LogP contribution < -0.4 is 9.47 Å². The van der Waals surface area contributed by atoms with Crippen LogP contribution >= 0.6 is 0 Å². The lowest BCUT2D eigenvalue weighted by atomic mass is 9.82. The molecule has 6 heteroatoms. The first-order valence-electron chi connectivity index (χ1n) is 11.8. The number of fused-ring (bicyclic) bond motifs is 2. The summed E-state index contributed by atoms with van der Waals surface area (Å²) >= 11 is 0. The Kier molecular flexibility index (Phi) is 8.37. The van der Waals surface area contributed by atoms with Gasteiger partial charge in [0, 0.05) is 21.5 Å². The van der Waals surface area contributed by atoms with Gasteiger partial charge in [0.25, 0.3) is 0 Å². The van der Waals surface area contributed by atoms with Gasteiger partial charge in [0.15, 0.2) is 13.2 Å². The molecule has 3 aromatic rings. The van der Waals surface area contributed by atoms with Gasteiger partial charge in [-0.25, -0.2) is 9.59 Å². The van der Waals surface area contributed by atoms with Gasteiger partial charge in [-0.3, -0.25) is 0 Å². The third-order valence-electron chi connectivity index (χ3n) is 5.36. The van der Waals surface area contributed by atoms with Crippen LogP contribution in [0.15, 0.2) is 42.5 Å². The second-order valence-corrected chi connectivity index (χ2v) is 9.20. The Morgan fingerprint density at radius 3 is 1.74 bits per heavy atom. The number of benzene rings is 3. The Hall–Kier alpha value is -3.28. The molecule has 0 bridgehead atoms. The highest BCUT2D eigenvalue weighted by Crippen LogP contribution is 2.46. The number of hydrogen-bond donors (Lipinski definition) is 0. The summed E-state index contributed by atoms with van der Waals surface area (Å²) < 4.78 is 22.6. The van der Waals surface area contributed by atoms with E-state index in [0.717, 1.165) is 39.9 Å². The predicted octanol–water partition coefficient (Wildman–Crippen LogP) is 5.95. The van der Waals surface area contributed by atoms with Gasteiger partial charge in [0.2, 0.25) is 0 Å². The maximum atomic E-state index is 12.2. The first kappa shape index (κ1) is 25.3. The number of hydrogen-bond acceptors (Lipinski definition) is 6. The molecule has 0 amide bonds. The van der Waals surface area contributed by atoms with Gasteiger partial charge in [0.1, 0.15) is 11.5 Å². The molecule has 3 rings (SSSR count). The van der Waals surface area contributed by atoms with E-state index in [4.69, 9.17) is 18.9 Å². The van der Waals surface area contributed by atoms with Crippen molar-refractivity contribution in [3.63, 3.8) is 0 Å². The van der Waals surface area contributed by atoms with Crippen molar-refractivity contribution in [3.05, 3.63) is 48.0 Å². The molecule has 0 aromatic heterocycles. The second kappa shape index (κ2) is 11.2. The SMILES string of the molecule is CCCOC(=O)COc1c2ccccc2c(OCC(=O)OCCC)c2c(C(C)(C)C)cccc12. The van der Waals surface area contributed by atoms with Gasteiger partial charge in [-0.2, -0.15) is 0 Å². The molecule has 0 saturated heterocycles. The minimum Gasteiger partial charge on any atom is -0.481 e. The van der Waals surface area contributed by atoms with Crippen LogP contribution in [-0.2, 0) is 24.5 Å². The molecule has 6 nitrogen and oxygen atoms in total. The highest BCUT2D eigenvalue weighted by atomic mass is 16.6. The molecule has 0 aliphatic carbocycles. The lowest BCUT2D eigenvalue weighted by Crippen LogP contribution is -2.18. The molecule has 0 unspecified atom stereocenters. The van der Waals surface area contributed by atoms with Gasteiger partial charge < -0.3 is 18.9 Å². The molecule has 3 aromatic carbocycles. The van der Waals surface area contributed by atoms with Gasteiger partial charge in [-0.1, -0.05) is 77.1 Å². The summed E-state index contributed by atoms with van der Waals surface area (Å²) in [5.41, 5.74) is 0.839. The van der Waals surface area contributed by atoms with Crippen molar-refractivity contribution in [1.29, 1.82) is 0 Å². The lowest BCUT2D eigenvalue weighted by molar-refractivity contribution is -0.146. The van der Waals surface area contributed by atoms with E-state index in [9.17, 15) is 9.59 Å². The first-order chi connectivity index (χ1) is 16.3. The number of esters is 2. The molecule has 0 radical (unpaired) electrons. The minimum atomic E-state index is -0.412. The maximum Gasteiger partial charge on any atom is 0.344 e. The number of rotatable bonds is 10. The van der Waals surface area contributed by atoms with Crippen molar-refractivity contribution >= 4 is 33.5 Å². The fourth-order valence-corrected chi connectivity index (χ4v) is 3.85. The van der Waals surface area contributed by atoms with Crippen molar-refractivity contribution in [3.8, 4) is 11.5 Å². The smallest absolute Gasteiger partial charge is 0.344 e. The molecular formula is C28H34O6. The average Bonchev–Trinajstić information content (AvgIpc) is 2.82. The average molecular weight is 467 g/mol. The molecule has 0 aliphatic rings. The fraction of sp³-hybridized carbons (Fsp3) is 0.429. The Balaban J connectivity index is 2.17. The summed E-state index contributed by atoms with van der Waals surface area (Å²) in [6, 6.07) is 13.7. The van der Waals surface area contributed by atoms with Gasteiger partial charge >= 0.3 is 11.9 Å². The van der Waals surface area contributed by atoms with Crippen LogP contribution in [0, 0.1) is 0 Å². The van der Waals surface area contributed by atoms with E-state index in [1.807, 2.05) is 50.2 Å². The highest BCUT2D eigenvalue weighted by molar-refractivity contribution is 6.12. The molecular weight excluding hydrogens is 432 g/mol. The molecule has 0 atom stereocenters. The summed E-state index contributed by atoms with van der Waals surface area (Å²) in [5.74, 6) is 0.368. The second-order valence-electron chi connectivity index (χ2n) is 9.20. The zero-order valence-corrected chi connectivity index (χ0v) is 20.7. The lowest BCUT2D eigenvalue weighted by Gasteiger charge is -2.25. The largest absolute Gasteiger partial charge is 0.481 e.